The maximum Gasteiger partial charge on any atom is 0.258 e. The third-order valence-corrected chi connectivity index (χ3v) is 4.12. The predicted molar refractivity (Wildman–Crippen MR) is 99.1 cm³/mol. The van der Waals surface area contributed by atoms with E-state index in [1.54, 1.807) is 18.2 Å². The first-order chi connectivity index (χ1) is 11.5. The van der Waals surface area contributed by atoms with Gasteiger partial charge < -0.3 is 14.8 Å². The summed E-state index contributed by atoms with van der Waals surface area (Å²) in [6, 6.07) is 11.1. The van der Waals surface area contributed by atoms with E-state index in [4.69, 9.17) is 21.1 Å². The maximum absolute atomic E-state index is 11.8. The van der Waals surface area contributed by atoms with E-state index < -0.39 is 0 Å². The second-order valence-corrected chi connectivity index (χ2v) is 6.62. The van der Waals surface area contributed by atoms with E-state index in [9.17, 15) is 4.79 Å². The van der Waals surface area contributed by atoms with Gasteiger partial charge in [-0.2, -0.15) is 0 Å². The van der Waals surface area contributed by atoms with Crippen molar-refractivity contribution < 1.29 is 14.3 Å². The fraction of sp³-hybridized carbons (Fsp3) is 0.278. The summed E-state index contributed by atoms with van der Waals surface area (Å²) in [4.78, 5) is 11.8. The van der Waals surface area contributed by atoms with E-state index >= 15 is 0 Å². The normalized spacial score (nSPS) is 10.3. The van der Waals surface area contributed by atoms with Gasteiger partial charge in [0.15, 0.2) is 6.61 Å². The fourth-order valence-corrected chi connectivity index (χ4v) is 2.90. The van der Waals surface area contributed by atoms with E-state index in [0.29, 0.717) is 28.4 Å². The molecule has 0 heterocycles. The van der Waals surface area contributed by atoms with Crippen molar-refractivity contribution >= 4 is 33.4 Å². The Bertz CT molecular complexity index is 721. The van der Waals surface area contributed by atoms with Crippen molar-refractivity contribution in [1.82, 2.24) is 5.32 Å². The van der Waals surface area contributed by atoms with E-state index in [0.717, 1.165) is 11.3 Å². The van der Waals surface area contributed by atoms with Crippen LogP contribution in [0.4, 0.5) is 0 Å². The van der Waals surface area contributed by atoms with Gasteiger partial charge in [0, 0.05) is 5.02 Å². The van der Waals surface area contributed by atoms with Crippen LogP contribution < -0.4 is 14.8 Å². The Morgan fingerprint density at radius 2 is 1.88 bits per heavy atom. The van der Waals surface area contributed by atoms with Crippen molar-refractivity contribution in [3.05, 3.63) is 57.0 Å². The van der Waals surface area contributed by atoms with Crippen LogP contribution >= 0.6 is 27.5 Å². The number of benzene rings is 2. The molecule has 0 aliphatic rings. The summed E-state index contributed by atoms with van der Waals surface area (Å²) in [5.41, 5.74) is 2.27. The minimum atomic E-state index is -0.207. The zero-order chi connectivity index (χ0) is 17.5. The fourth-order valence-electron chi connectivity index (χ4n) is 2.10. The summed E-state index contributed by atoms with van der Waals surface area (Å²) in [6.45, 7) is 4.79. The minimum Gasteiger partial charge on any atom is -0.491 e. The number of nitrogens with one attached hydrogen (secondary N) is 1. The highest BCUT2D eigenvalue weighted by Gasteiger charge is 2.06. The molecule has 0 radical (unpaired) electrons. The van der Waals surface area contributed by atoms with Gasteiger partial charge in [0.25, 0.3) is 5.91 Å². The lowest BCUT2D eigenvalue weighted by Crippen LogP contribution is -2.32. The molecule has 0 aromatic heterocycles. The zero-order valence-corrected chi connectivity index (χ0v) is 15.9. The van der Waals surface area contributed by atoms with Crippen molar-refractivity contribution in [3.8, 4) is 11.5 Å². The first-order valence-electron chi connectivity index (χ1n) is 7.50. The SMILES string of the molecule is Cc1ccc(OCCNC(=O)COc2ccc(Cl)cc2Br)c(C)c1. The molecule has 0 saturated heterocycles. The van der Waals surface area contributed by atoms with Crippen molar-refractivity contribution in [2.24, 2.45) is 0 Å². The molecule has 0 bridgehead atoms. The zero-order valence-electron chi connectivity index (χ0n) is 13.6. The molecule has 6 heteroatoms. The number of ether oxygens (including phenoxy) is 2. The molecule has 4 nitrogen and oxygen atoms in total. The molecule has 24 heavy (non-hydrogen) atoms. The first kappa shape index (κ1) is 18.6. The lowest BCUT2D eigenvalue weighted by molar-refractivity contribution is -0.123. The Morgan fingerprint density at radius 3 is 2.58 bits per heavy atom. The van der Waals surface area contributed by atoms with Crippen molar-refractivity contribution in [3.63, 3.8) is 0 Å². The summed E-state index contributed by atoms with van der Waals surface area (Å²) in [5, 5.41) is 3.35. The number of aryl methyl sites for hydroxylation is 2. The van der Waals surface area contributed by atoms with Crippen LogP contribution in [0.3, 0.4) is 0 Å². The monoisotopic (exact) mass is 411 g/mol. The van der Waals surface area contributed by atoms with E-state index in [1.165, 1.54) is 5.56 Å². The Morgan fingerprint density at radius 1 is 1.12 bits per heavy atom. The number of rotatable bonds is 7. The summed E-state index contributed by atoms with van der Waals surface area (Å²) in [5.74, 6) is 1.19. The van der Waals surface area contributed by atoms with Gasteiger partial charge in [0.1, 0.15) is 18.1 Å². The second-order valence-electron chi connectivity index (χ2n) is 5.33. The molecule has 128 valence electrons. The molecule has 0 aliphatic carbocycles. The van der Waals surface area contributed by atoms with Gasteiger partial charge in [0.2, 0.25) is 0 Å². The third-order valence-electron chi connectivity index (χ3n) is 3.26. The minimum absolute atomic E-state index is 0.0657. The number of hydrogen-bond acceptors (Lipinski definition) is 3. The van der Waals surface area contributed by atoms with Crippen molar-refractivity contribution in [2.45, 2.75) is 13.8 Å². The van der Waals surface area contributed by atoms with Gasteiger partial charge in [-0.25, -0.2) is 0 Å². The quantitative estimate of drug-likeness (QED) is 0.690. The van der Waals surface area contributed by atoms with E-state index in [1.807, 2.05) is 26.0 Å². The van der Waals surface area contributed by atoms with Gasteiger partial charge in [-0.1, -0.05) is 29.3 Å². The van der Waals surface area contributed by atoms with Crippen molar-refractivity contribution in [2.75, 3.05) is 19.8 Å². The number of amides is 1. The molecule has 1 N–H and O–H groups in total. The molecular formula is C18H19BrClNO3. The molecule has 0 spiro atoms. The topological polar surface area (TPSA) is 47.6 Å². The highest BCUT2D eigenvalue weighted by molar-refractivity contribution is 9.10. The molecule has 0 aliphatic heterocycles. The van der Waals surface area contributed by atoms with E-state index in [2.05, 4.69) is 27.3 Å². The Kier molecular flexibility index (Phi) is 6.94. The van der Waals surface area contributed by atoms with Crippen LogP contribution in [0.25, 0.3) is 0 Å². The average molecular weight is 413 g/mol. The maximum atomic E-state index is 11.8. The summed E-state index contributed by atoms with van der Waals surface area (Å²) >= 11 is 9.19. The van der Waals surface area contributed by atoms with Crippen molar-refractivity contribution in [1.29, 1.82) is 0 Å². The molecule has 0 saturated carbocycles. The van der Waals surface area contributed by atoms with Gasteiger partial charge >= 0.3 is 0 Å². The lowest BCUT2D eigenvalue weighted by atomic mass is 10.1. The van der Waals surface area contributed by atoms with Crippen LogP contribution in [0.1, 0.15) is 11.1 Å². The highest BCUT2D eigenvalue weighted by atomic mass is 79.9. The number of carbonyl (C=O) groups excluding carboxylic acids is 1. The Balaban J connectivity index is 1.69. The van der Waals surface area contributed by atoms with Gasteiger partial charge in [-0.05, 0) is 59.6 Å². The van der Waals surface area contributed by atoms with Gasteiger partial charge in [0.05, 0.1) is 11.0 Å². The first-order valence-corrected chi connectivity index (χ1v) is 8.67. The number of halogens is 2. The van der Waals surface area contributed by atoms with Gasteiger partial charge in [-0.3, -0.25) is 4.79 Å². The van der Waals surface area contributed by atoms with Crippen LogP contribution in [0.5, 0.6) is 11.5 Å². The molecule has 0 atom stereocenters. The Hall–Kier alpha value is -1.72. The van der Waals surface area contributed by atoms with Crippen LogP contribution in [0.2, 0.25) is 5.02 Å². The molecule has 2 aromatic rings. The Labute approximate surface area is 155 Å². The summed E-state index contributed by atoms with van der Waals surface area (Å²) in [7, 11) is 0. The third kappa shape index (κ3) is 5.73. The summed E-state index contributed by atoms with van der Waals surface area (Å²) in [6.07, 6.45) is 0. The molecule has 2 rings (SSSR count). The number of hydrogen-bond donors (Lipinski definition) is 1. The average Bonchev–Trinajstić information content (AvgIpc) is 2.52. The standard InChI is InChI=1S/C18H19BrClNO3/c1-12-3-5-16(13(2)9-12)23-8-7-21-18(22)11-24-17-6-4-14(20)10-15(17)19/h3-6,9-10H,7-8,11H2,1-2H3,(H,21,22). The van der Waals surface area contributed by atoms with Crippen LogP contribution in [0, 0.1) is 13.8 Å². The van der Waals surface area contributed by atoms with Crippen LogP contribution in [-0.4, -0.2) is 25.7 Å². The predicted octanol–water partition coefficient (Wildman–Crippen LogP) is 4.29. The number of carbonyl (C=O) groups is 1. The highest BCUT2D eigenvalue weighted by Crippen LogP contribution is 2.27. The molecule has 0 fully saturated rings. The largest absolute Gasteiger partial charge is 0.491 e. The molecule has 0 unspecified atom stereocenters. The molecule has 1 amide bonds. The van der Waals surface area contributed by atoms with Gasteiger partial charge in [-0.15, -0.1) is 0 Å². The summed E-state index contributed by atoms with van der Waals surface area (Å²) < 4.78 is 11.8. The lowest BCUT2D eigenvalue weighted by Gasteiger charge is -2.11. The van der Waals surface area contributed by atoms with E-state index in [-0.39, 0.29) is 12.5 Å². The molecule has 2 aromatic carbocycles. The smallest absolute Gasteiger partial charge is 0.258 e. The molecular weight excluding hydrogens is 394 g/mol. The van der Waals surface area contributed by atoms with Crippen LogP contribution in [0.15, 0.2) is 40.9 Å². The van der Waals surface area contributed by atoms with Crippen LogP contribution in [-0.2, 0) is 4.79 Å². The second kappa shape index (κ2) is 8.94.